The fourth-order valence-electron chi connectivity index (χ4n) is 5.08. The highest BCUT2D eigenvalue weighted by Crippen LogP contribution is 2.38. The SMILES string of the molecule is COc1ccc(C2=NOC3(CCN(C(=O)NCc4ccccc4)CC3)C2)cc1OC1CCCC1. The number of amides is 2. The molecule has 1 aliphatic carbocycles. The lowest BCUT2D eigenvalue weighted by Gasteiger charge is -2.37. The Labute approximate surface area is 201 Å². The van der Waals surface area contributed by atoms with Gasteiger partial charge in [0.2, 0.25) is 0 Å². The van der Waals surface area contributed by atoms with Crippen molar-refractivity contribution in [2.24, 2.45) is 5.16 Å². The van der Waals surface area contributed by atoms with Gasteiger partial charge in [-0.25, -0.2) is 4.79 Å². The number of carbonyl (C=O) groups excluding carboxylic acids is 1. The van der Waals surface area contributed by atoms with E-state index < -0.39 is 0 Å². The monoisotopic (exact) mass is 463 g/mol. The number of benzene rings is 2. The first-order chi connectivity index (χ1) is 16.6. The zero-order valence-corrected chi connectivity index (χ0v) is 19.8. The average molecular weight is 464 g/mol. The van der Waals surface area contributed by atoms with E-state index in [1.165, 1.54) is 12.8 Å². The Morgan fingerprint density at radius 2 is 1.88 bits per heavy atom. The van der Waals surface area contributed by atoms with Crippen molar-refractivity contribution in [1.29, 1.82) is 0 Å². The van der Waals surface area contributed by atoms with Crippen molar-refractivity contribution >= 4 is 11.7 Å². The predicted octanol–water partition coefficient (Wildman–Crippen LogP) is 4.89. The maximum atomic E-state index is 12.6. The molecule has 2 aromatic carbocycles. The molecule has 1 saturated heterocycles. The zero-order chi connectivity index (χ0) is 23.4. The number of urea groups is 1. The molecule has 1 saturated carbocycles. The lowest BCUT2D eigenvalue weighted by molar-refractivity contribution is -0.0550. The normalized spacial score (nSPS) is 19.6. The third-order valence-electron chi connectivity index (χ3n) is 7.18. The molecule has 34 heavy (non-hydrogen) atoms. The largest absolute Gasteiger partial charge is 0.493 e. The highest BCUT2D eigenvalue weighted by Gasteiger charge is 2.43. The van der Waals surface area contributed by atoms with Crippen molar-refractivity contribution in [2.75, 3.05) is 20.2 Å². The van der Waals surface area contributed by atoms with Crippen molar-refractivity contribution in [3.63, 3.8) is 0 Å². The number of carbonyl (C=O) groups is 1. The molecule has 7 nitrogen and oxygen atoms in total. The van der Waals surface area contributed by atoms with Gasteiger partial charge in [-0.1, -0.05) is 35.5 Å². The van der Waals surface area contributed by atoms with Crippen LogP contribution in [-0.4, -0.2) is 48.5 Å². The van der Waals surface area contributed by atoms with Gasteiger partial charge in [0.15, 0.2) is 11.5 Å². The van der Waals surface area contributed by atoms with Crippen molar-refractivity contribution in [1.82, 2.24) is 10.2 Å². The highest BCUT2D eigenvalue weighted by molar-refractivity contribution is 6.02. The molecule has 1 spiro atoms. The van der Waals surface area contributed by atoms with E-state index in [9.17, 15) is 4.79 Å². The molecule has 2 aromatic rings. The molecular formula is C27H33N3O4. The Bertz CT molecular complexity index is 1030. The van der Waals surface area contributed by atoms with Crippen LogP contribution in [0.1, 0.15) is 56.1 Å². The molecule has 2 aliphatic heterocycles. The topological polar surface area (TPSA) is 72.4 Å². The number of piperidine rings is 1. The number of likely N-dealkylation sites (tertiary alicyclic amines) is 1. The van der Waals surface area contributed by atoms with Crippen LogP contribution in [0.25, 0.3) is 0 Å². The van der Waals surface area contributed by atoms with Gasteiger partial charge < -0.3 is 24.5 Å². The van der Waals surface area contributed by atoms with Crippen LogP contribution in [0.4, 0.5) is 4.79 Å². The van der Waals surface area contributed by atoms with Gasteiger partial charge in [0, 0.05) is 44.5 Å². The van der Waals surface area contributed by atoms with E-state index in [1.807, 2.05) is 53.4 Å². The third-order valence-corrected chi connectivity index (χ3v) is 7.18. The van der Waals surface area contributed by atoms with E-state index in [0.29, 0.717) is 19.6 Å². The summed E-state index contributed by atoms with van der Waals surface area (Å²) < 4.78 is 11.8. The molecule has 3 aliphatic rings. The van der Waals surface area contributed by atoms with Gasteiger partial charge in [-0.2, -0.15) is 0 Å². The van der Waals surface area contributed by atoms with Crippen LogP contribution < -0.4 is 14.8 Å². The van der Waals surface area contributed by atoms with E-state index >= 15 is 0 Å². The van der Waals surface area contributed by atoms with Crippen molar-refractivity contribution in [3.8, 4) is 11.5 Å². The number of hydrogen-bond acceptors (Lipinski definition) is 5. The van der Waals surface area contributed by atoms with E-state index in [4.69, 9.17) is 14.3 Å². The highest BCUT2D eigenvalue weighted by atomic mass is 16.7. The Kier molecular flexibility index (Phi) is 6.61. The van der Waals surface area contributed by atoms with E-state index in [1.54, 1.807) is 7.11 Å². The summed E-state index contributed by atoms with van der Waals surface area (Å²) in [6, 6.07) is 15.9. The minimum absolute atomic E-state index is 0.0262. The van der Waals surface area contributed by atoms with Crippen LogP contribution in [0, 0.1) is 0 Å². The van der Waals surface area contributed by atoms with Crippen molar-refractivity contribution in [2.45, 2.75) is 63.2 Å². The lowest BCUT2D eigenvalue weighted by atomic mass is 9.85. The molecule has 2 fully saturated rings. The molecule has 180 valence electrons. The number of ether oxygens (including phenoxy) is 2. The van der Waals surface area contributed by atoms with Crippen molar-refractivity contribution < 1.29 is 19.1 Å². The predicted molar refractivity (Wildman–Crippen MR) is 130 cm³/mol. The van der Waals surface area contributed by atoms with E-state index in [-0.39, 0.29) is 17.7 Å². The molecule has 5 rings (SSSR count). The second-order valence-corrected chi connectivity index (χ2v) is 9.51. The van der Waals surface area contributed by atoms with E-state index in [0.717, 1.165) is 60.4 Å². The lowest BCUT2D eigenvalue weighted by Crippen LogP contribution is -2.49. The van der Waals surface area contributed by atoms with Crippen LogP contribution in [-0.2, 0) is 11.4 Å². The number of methoxy groups -OCH3 is 1. The van der Waals surface area contributed by atoms with Gasteiger partial charge in [-0.05, 0) is 49.4 Å². The molecule has 1 N–H and O–H groups in total. The Morgan fingerprint density at radius 3 is 2.62 bits per heavy atom. The number of nitrogens with zero attached hydrogens (tertiary/aromatic N) is 2. The van der Waals surface area contributed by atoms with Gasteiger partial charge in [-0.15, -0.1) is 0 Å². The van der Waals surface area contributed by atoms with Crippen LogP contribution >= 0.6 is 0 Å². The van der Waals surface area contributed by atoms with Gasteiger partial charge >= 0.3 is 6.03 Å². The molecule has 0 atom stereocenters. The summed E-state index contributed by atoms with van der Waals surface area (Å²) in [7, 11) is 1.67. The summed E-state index contributed by atoms with van der Waals surface area (Å²) in [6.45, 7) is 1.85. The number of hydrogen-bond donors (Lipinski definition) is 1. The first kappa shape index (κ1) is 22.6. The van der Waals surface area contributed by atoms with Gasteiger partial charge in [0.25, 0.3) is 0 Å². The smallest absolute Gasteiger partial charge is 0.317 e. The van der Waals surface area contributed by atoms with Crippen LogP contribution in [0.2, 0.25) is 0 Å². The van der Waals surface area contributed by atoms with Crippen LogP contribution in [0.3, 0.4) is 0 Å². The molecule has 0 aromatic heterocycles. The third kappa shape index (κ3) is 4.98. The maximum absolute atomic E-state index is 12.6. The van der Waals surface area contributed by atoms with Crippen LogP contribution in [0.15, 0.2) is 53.7 Å². The first-order valence-corrected chi connectivity index (χ1v) is 12.3. The number of rotatable bonds is 6. The van der Waals surface area contributed by atoms with Gasteiger partial charge in [0.05, 0.1) is 18.9 Å². The number of nitrogens with one attached hydrogen (secondary N) is 1. The van der Waals surface area contributed by atoms with Gasteiger partial charge in [0.1, 0.15) is 5.60 Å². The quantitative estimate of drug-likeness (QED) is 0.662. The maximum Gasteiger partial charge on any atom is 0.317 e. The van der Waals surface area contributed by atoms with Gasteiger partial charge in [-0.3, -0.25) is 0 Å². The second-order valence-electron chi connectivity index (χ2n) is 9.51. The minimum Gasteiger partial charge on any atom is -0.493 e. The Balaban J connectivity index is 1.17. The molecule has 0 radical (unpaired) electrons. The molecule has 2 heterocycles. The Hall–Kier alpha value is -3.22. The zero-order valence-electron chi connectivity index (χ0n) is 19.8. The molecule has 0 unspecified atom stereocenters. The molecule has 2 amide bonds. The standard InChI is InChI=1S/C27H33N3O4/c1-32-24-12-11-21(17-25(24)33-22-9-5-6-10-22)23-18-27(34-29-23)13-15-30(16-14-27)26(31)28-19-20-7-3-2-4-8-20/h2-4,7-8,11-12,17,22H,5-6,9-10,13-16,18-19H2,1H3,(H,28,31). The minimum atomic E-state index is -0.335. The summed E-state index contributed by atoms with van der Waals surface area (Å²) in [6.07, 6.45) is 7.15. The summed E-state index contributed by atoms with van der Waals surface area (Å²) >= 11 is 0. The van der Waals surface area contributed by atoms with Crippen molar-refractivity contribution in [3.05, 3.63) is 59.7 Å². The first-order valence-electron chi connectivity index (χ1n) is 12.3. The summed E-state index contributed by atoms with van der Waals surface area (Å²) in [5, 5.41) is 7.48. The van der Waals surface area contributed by atoms with Crippen LogP contribution in [0.5, 0.6) is 11.5 Å². The summed E-state index contributed by atoms with van der Waals surface area (Å²) in [5.41, 5.74) is 2.70. The molecule has 7 heteroatoms. The Morgan fingerprint density at radius 1 is 1.12 bits per heavy atom. The fourth-order valence-corrected chi connectivity index (χ4v) is 5.08. The number of oxime groups is 1. The average Bonchev–Trinajstić information content (AvgIpc) is 3.54. The molecule has 0 bridgehead atoms. The fraction of sp³-hybridized carbons (Fsp3) is 0.481. The summed E-state index contributed by atoms with van der Waals surface area (Å²) in [5.74, 6) is 1.53. The second kappa shape index (κ2) is 9.95. The van der Waals surface area contributed by atoms with E-state index in [2.05, 4.69) is 10.5 Å². The molecular weight excluding hydrogens is 430 g/mol. The summed E-state index contributed by atoms with van der Waals surface area (Å²) in [4.78, 5) is 20.5.